The Balaban J connectivity index is 1.35. The standard InChI is InChI=1S/C22H28N6O/c1-14(2)7-17-9-18(26-25-17)13-27-10-15-8-16(12-27)20-4-3-19(21-23-5-6-24-21)22(29)28(20)11-15/h3-6,9,14-16H,7-8,10-13H2,1-2H3,(H,23,24)(H,25,26)/t15-,16+/m0/s1. The molecule has 0 aliphatic carbocycles. The van der Waals surface area contributed by atoms with Crippen molar-refractivity contribution in [2.75, 3.05) is 13.1 Å². The van der Waals surface area contributed by atoms with Crippen LogP contribution >= 0.6 is 0 Å². The summed E-state index contributed by atoms with van der Waals surface area (Å²) in [6, 6.07) is 6.26. The third kappa shape index (κ3) is 3.55. The summed E-state index contributed by atoms with van der Waals surface area (Å²) >= 11 is 0. The van der Waals surface area contributed by atoms with Gasteiger partial charge in [0.15, 0.2) is 0 Å². The molecular weight excluding hydrogens is 364 g/mol. The van der Waals surface area contributed by atoms with E-state index in [1.165, 1.54) is 5.69 Å². The quantitative estimate of drug-likeness (QED) is 0.699. The molecule has 1 fully saturated rings. The van der Waals surface area contributed by atoms with Crippen molar-refractivity contribution in [3.05, 3.63) is 58.0 Å². The largest absolute Gasteiger partial charge is 0.344 e. The zero-order chi connectivity index (χ0) is 20.0. The first-order valence-electron chi connectivity index (χ1n) is 10.6. The van der Waals surface area contributed by atoms with Crippen LogP contribution in [0, 0.1) is 11.8 Å². The SMILES string of the molecule is CC(C)Cc1cc(CN2C[C@@H]3C[C@H](C2)c2ccc(-c4ncc[nH]4)c(=O)n2C3)[nH]n1. The molecule has 152 valence electrons. The summed E-state index contributed by atoms with van der Waals surface area (Å²) in [6.07, 6.45) is 5.62. The Morgan fingerprint density at radius 3 is 2.93 bits per heavy atom. The van der Waals surface area contributed by atoms with Crippen LogP contribution in [-0.2, 0) is 19.5 Å². The average Bonchev–Trinajstić information content (AvgIpc) is 3.34. The first kappa shape index (κ1) is 18.4. The molecule has 2 aliphatic rings. The molecular formula is C22H28N6O. The number of aromatic amines is 2. The maximum atomic E-state index is 13.1. The van der Waals surface area contributed by atoms with E-state index < -0.39 is 0 Å². The summed E-state index contributed by atoms with van der Waals surface area (Å²) in [6.45, 7) is 8.12. The van der Waals surface area contributed by atoms with E-state index in [1.54, 1.807) is 12.4 Å². The highest BCUT2D eigenvalue weighted by molar-refractivity contribution is 5.53. The van der Waals surface area contributed by atoms with Crippen molar-refractivity contribution in [2.45, 2.75) is 45.7 Å². The van der Waals surface area contributed by atoms with Gasteiger partial charge >= 0.3 is 0 Å². The zero-order valence-electron chi connectivity index (χ0n) is 17.1. The van der Waals surface area contributed by atoms with Crippen LogP contribution in [0.15, 0.2) is 35.4 Å². The lowest BCUT2D eigenvalue weighted by Crippen LogP contribution is -2.47. The molecule has 0 amide bonds. The zero-order valence-corrected chi connectivity index (χ0v) is 17.1. The summed E-state index contributed by atoms with van der Waals surface area (Å²) in [5, 5.41) is 7.69. The number of rotatable bonds is 5. The van der Waals surface area contributed by atoms with Crippen molar-refractivity contribution in [1.29, 1.82) is 0 Å². The lowest BCUT2D eigenvalue weighted by molar-refractivity contribution is 0.113. The molecule has 0 spiro atoms. The van der Waals surface area contributed by atoms with Crippen LogP contribution in [0.25, 0.3) is 11.4 Å². The van der Waals surface area contributed by atoms with E-state index in [0.29, 0.717) is 29.1 Å². The van der Waals surface area contributed by atoms with E-state index >= 15 is 0 Å². The number of fused-ring (bicyclic) bond motifs is 4. The van der Waals surface area contributed by atoms with E-state index in [-0.39, 0.29) is 5.56 Å². The summed E-state index contributed by atoms with van der Waals surface area (Å²) in [7, 11) is 0. The number of imidazole rings is 1. The fraction of sp³-hybridized carbons (Fsp3) is 0.500. The Hall–Kier alpha value is -2.67. The van der Waals surface area contributed by atoms with Crippen molar-refractivity contribution in [2.24, 2.45) is 11.8 Å². The highest BCUT2D eigenvalue weighted by Crippen LogP contribution is 2.36. The lowest BCUT2D eigenvalue weighted by atomic mass is 9.83. The van der Waals surface area contributed by atoms with E-state index in [0.717, 1.165) is 50.4 Å². The molecule has 7 heteroatoms. The first-order chi connectivity index (χ1) is 14.1. The maximum absolute atomic E-state index is 13.1. The van der Waals surface area contributed by atoms with Crippen LogP contribution in [0.3, 0.4) is 0 Å². The minimum absolute atomic E-state index is 0.0764. The number of hydrogen-bond acceptors (Lipinski definition) is 4. The number of pyridine rings is 1. The molecule has 0 unspecified atom stereocenters. The summed E-state index contributed by atoms with van der Waals surface area (Å²) in [4.78, 5) is 22.9. The van der Waals surface area contributed by atoms with Crippen molar-refractivity contribution >= 4 is 0 Å². The van der Waals surface area contributed by atoms with Crippen LogP contribution in [-0.4, -0.2) is 42.7 Å². The molecule has 2 N–H and O–H groups in total. The van der Waals surface area contributed by atoms with Gasteiger partial charge in [0.05, 0.1) is 11.3 Å². The van der Waals surface area contributed by atoms with Gasteiger partial charge in [0.2, 0.25) is 0 Å². The number of piperidine rings is 1. The van der Waals surface area contributed by atoms with E-state index in [1.807, 2.05) is 10.6 Å². The minimum atomic E-state index is 0.0764. The second-order valence-corrected chi connectivity index (χ2v) is 9.00. The molecule has 5 rings (SSSR count). The third-order valence-corrected chi connectivity index (χ3v) is 6.13. The second kappa shape index (κ2) is 7.30. The number of aromatic nitrogens is 5. The number of likely N-dealkylation sites (tertiary alicyclic amines) is 1. The van der Waals surface area contributed by atoms with E-state index in [4.69, 9.17) is 0 Å². The predicted octanol–water partition coefficient (Wildman–Crippen LogP) is 2.78. The Labute approximate surface area is 170 Å². The minimum Gasteiger partial charge on any atom is -0.344 e. The van der Waals surface area contributed by atoms with Gasteiger partial charge < -0.3 is 9.55 Å². The molecule has 2 aliphatic heterocycles. The van der Waals surface area contributed by atoms with Crippen molar-refractivity contribution in [1.82, 2.24) is 29.6 Å². The van der Waals surface area contributed by atoms with Gasteiger partial charge in [-0.25, -0.2) is 4.98 Å². The highest BCUT2D eigenvalue weighted by Gasteiger charge is 2.35. The van der Waals surface area contributed by atoms with Gasteiger partial charge in [-0.2, -0.15) is 5.10 Å². The molecule has 2 atom stereocenters. The Bertz CT molecular complexity index is 1050. The van der Waals surface area contributed by atoms with Crippen LogP contribution in [0.2, 0.25) is 0 Å². The normalized spacial score (nSPS) is 21.5. The second-order valence-electron chi connectivity index (χ2n) is 9.00. The van der Waals surface area contributed by atoms with Crippen LogP contribution < -0.4 is 5.56 Å². The molecule has 0 aromatic carbocycles. The third-order valence-electron chi connectivity index (χ3n) is 6.13. The lowest BCUT2D eigenvalue weighted by Gasteiger charge is -2.42. The Morgan fingerprint density at radius 1 is 1.24 bits per heavy atom. The van der Waals surface area contributed by atoms with Gasteiger partial charge in [-0.1, -0.05) is 13.8 Å². The van der Waals surface area contributed by atoms with Gasteiger partial charge in [-0.3, -0.25) is 14.8 Å². The first-order valence-corrected chi connectivity index (χ1v) is 10.6. The van der Waals surface area contributed by atoms with Gasteiger partial charge in [0.1, 0.15) is 5.82 Å². The topological polar surface area (TPSA) is 82.6 Å². The van der Waals surface area contributed by atoms with Gasteiger partial charge in [0, 0.05) is 55.9 Å². The Kier molecular flexibility index (Phi) is 4.62. The smallest absolute Gasteiger partial charge is 0.261 e. The fourth-order valence-electron chi connectivity index (χ4n) is 5.02. The number of nitrogens with zero attached hydrogens (tertiary/aromatic N) is 4. The molecule has 29 heavy (non-hydrogen) atoms. The molecule has 3 aromatic heterocycles. The summed E-state index contributed by atoms with van der Waals surface area (Å²) in [5.41, 5.74) is 4.23. The van der Waals surface area contributed by atoms with Crippen LogP contribution in [0.5, 0.6) is 0 Å². The molecule has 0 radical (unpaired) electrons. The highest BCUT2D eigenvalue weighted by atomic mass is 16.1. The Morgan fingerprint density at radius 2 is 2.14 bits per heavy atom. The molecule has 0 saturated carbocycles. The van der Waals surface area contributed by atoms with Gasteiger partial charge in [0.25, 0.3) is 5.56 Å². The average molecular weight is 393 g/mol. The van der Waals surface area contributed by atoms with Crippen molar-refractivity contribution in [3.8, 4) is 11.4 Å². The maximum Gasteiger partial charge on any atom is 0.261 e. The van der Waals surface area contributed by atoms with Crippen molar-refractivity contribution < 1.29 is 0 Å². The fourth-order valence-corrected chi connectivity index (χ4v) is 5.02. The van der Waals surface area contributed by atoms with Crippen molar-refractivity contribution in [3.63, 3.8) is 0 Å². The van der Waals surface area contributed by atoms with E-state index in [9.17, 15) is 4.79 Å². The molecule has 2 bridgehead atoms. The molecule has 1 saturated heterocycles. The van der Waals surface area contributed by atoms with Gasteiger partial charge in [-0.15, -0.1) is 0 Å². The monoisotopic (exact) mass is 392 g/mol. The number of hydrogen-bond donors (Lipinski definition) is 2. The molecule has 7 nitrogen and oxygen atoms in total. The predicted molar refractivity (Wildman–Crippen MR) is 112 cm³/mol. The molecule has 5 heterocycles. The number of nitrogens with one attached hydrogen (secondary N) is 2. The summed E-state index contributed by atoms with van der Waals surface area (Å²) < 4.78 is 1.99. The van der Waals surface area contributed by atoms with E-state index in [2.05, 4.69) is 51.0 Å². The summed E-state index contributed by atoms with van der Waals surface area (Å²) in [5.74, 6) is 2.17. The molecule has 3 aromatic rings. The van der Waals surface area contributed by atoms with Gasteiger partial charge in [-0.05, 0) is 42.9 Å². The van der Waals surface area contributed by atoms with Crippen LogP contribution in [0.4, 0.5) is 0 Å². The van der Waals surface area contributed by atoms with Crippen LogP contribution in [0.1, 0.15) is 43.3 Å². The number of H-pyrrole nitrogens is 2.